The molecule has 0 saturated carbocycles. The molecule has 3 rings (SSSR count). The number of sulfone groups is 1. The summed E-state index contributed by atoms with van der Waals surface area (Å²) < 4.78 is 31.4. The number of anilines is 1. The second-order valence-electron chi connectivity index (χ2n) is 5.38. The smallest absolute Gasteiger partial charge is 0.233 e. The quantitative estimate of drug-likeness (QED) is 0.683. The van der Waals surface area contributed by atoms with Crippen LogP contribution in [-0.4, -0.2) is 20.4 Å². The van der Waals surface area contributed by atoms with Crippen molar-refractivity contribution >= 4 is 38.9 Å². The molecule has 0 aliphatic rings. The molecule has 1 aromatic heterocycles. The molecule has 0 radical (unpaired) electrons. The lowest BCUT2D eigenvalue weighted by Crippen LogP contribution is -2.05. The molecule has 25 heavy (non-hydrogen) atoms. The maximum Gasteiger partial charge on any atom is 0.233 e. The maximum atomic E-state index is 12.9. The highest BCUT2D eigenvalue weighted by Gasteiger charge is 2.28. The second kappa shape index (κ2) is 6.71. The first kappa shape index (κ1) is 17.8. The molecule has 0 amide bonds. The SMILES string of the molecule is CNc1oc(-c2cc(Cl)cc(Cl)c2)nc1S(=O)(=O)c1ccc(C)cc1. The summed E-state index contributed by atoms with van der Waals surface area (Å²) in [5, 5.41) is 3.33. The summed E-state index contributed by atoms with van der Waals surface area (Å²) in [6.45, 7) is 1.88. The molecular weight excluding hydrogens is 383 g/mol. The summed E-state index contributed by atoms with van der Waals surface area (Å²) >= 11 is 12.0. The van der Waals surface area contributed by atoms with Gasteiger partial charge in [0.15, 0.2) is 0 Å². The Morgan fingerprint density at radius 1 is 1.04 bits per heavy atom. The zero-order chi connectivity index (χ0) is 18.2. The van der Waals surface area contributed by atoms with E-state index in [2.05, 4.69) is 10.3 Å². The van der Waals surface area contributed by atoms with Crippen LogP contribution in [0, 0.1) is 6.92 Å². The molecule has 8 heteroatoms. The van der Waals surface area contributed by atoms with Crippen LogP contribution < -0.4 is 5.32 Å². The van der Waals surface area contributed by atoms with Gasteiger partial charge in [-0.1, -0.05) is 40.9 Å². The second-order valence-corrected chi connectivity index (χ2v) is 8.12. The highest BCUT2D eigenvalue weighted by atomic mass is 35.5. The minimum Gasteiger partial charge on any atom is -0.419 e. The fourth-order valence-corrected chi connectivity index (χ4v) is 4.11. The van der Waals surface area contributed by atoms with Crippen molar-refractivity contribution in [3.8, 4) is 11.5 Å². The van der Waals surface area contributed by atoms with Crippen molar-refractivity contribution in [2.45, 2.75) is 16.8 Å². The highest BCUT2D eigenvalue weighted by molar-refractivity contribution is 7.91. The molecule has 0 aliphatic heterocycles. The number of halogens is 2. The normalized spacial score (nSPS) is 11.5. The van der Waals surface area contributed by atoms with E-state index in [1.54, 1.807) is 37.4 Å². The zero-order valence-corrected chi connectivity index (χ0v) is 15.7. The number of aromatic nitrogens is 1. The van der Waals surface area contributed by atoms with Crippen molar-refractivity contribution in [1.82, 2.24) is 4.98 Å². The Hall–Kier alpha value is -2.02. The number of nitrogens with one attached hydrogen (secondary N) is 1. The first-order valence-corrected chi connectivity index (χ1v) is 9.52. The van der Waals surface area contributed by atoms with Gasteiger partial charge in [0.05, 0.1) is 4.90 Å². The lowest BCUT2D eigenvalue weighted by atomic mass is 10.2. The van der Waals surface area contributed by atoms with Gasteiger partial charge in [-0.3, -0.25) is 0 Å². The van der Waals surface area contributed by atoms with Crippen LogP contribution in [-0.2, 0) is 9.84 Å². The largest absolute Gasteiger partial charge is 0.419 e. The summed E-state index contributed by atoms with van der Waals surface area (Å²) in [5.74, 6) is 0.158. The van der Waals surface area contributed by atoms with Gasteiger partial charge in [0, 0.05) is 22.7 Å². The van der Waals surface area contributed by atoms with Crippen molar-refractivity contribution < 1.29 is 12.8 Å². The zero-order valence-electron chi connectivity index (χ0n) is 13.4. The Morgan fingerprint density at radius 3 is 2.20 bits per heavy atom. The summed E-state index contributed by atoms with van der Waals surface area (Å²) in [7, 11) is -2.28. The van der Waals surface area contributed by atoms with Crippen LogP contribution >= 0.6 is 23.2 Å². The van der Waals surface area contributed by atoms with Crippen LogP contribution in [0.5, 0.6) is 0 Å². The number of hydrogen-bond donors (Lipinski definition) is 1. The first-order chi connectivity index (χ1) is 11.8. The van der Waals surface area contributed by atoms with E-state index in [-0.39, 0.29) is 21.7 Å². The molecule has 1 heterocycles. The van der Waals surface area contributed by atoms with Gasteiger partial charge in [-0.15, -0.1) is 0 Å². The van der Waals surface area contributed by atoms with E-state index in [0.29, 0.717) is 15.6 Å². The third-order valence-electron chi connectivity index (χ3n) is 3.52. The van der Waals surface area contributed by atoms with E-state index in [9.17, 15) is 8.42 Å². The van der Waals surface area contributed by atoms with Gasteiger partial charge in [0.1, 0.15) is 0 Å². The van der Waals surface area contributed by atoms with Crippen LogP contribution in [0.3, 0.4) is 0 Å². The molecule has 2 aromatic carbocycles. The average Bonchev–Trinajstić information content (AvgIpc) is 2.99. The minimum absolute atomic E-state index is 0.0478. The molecule has 0 aliphatic carbocycles. The highest BCUT2D eigenvalue weighted by Crippen LogP contribution is 2.34. The van der Waals surface area contributed by atoms with Crippen molar-refractivity contribution in [3.05, 3.63) is 58.1 Å². The minimum atomic E-state index is -3.84. The molecule has 130 valence electrons. The van der Waals surface area contributed by atoms with Gasteiger partial charge in [0.25, 0.3) is 0 Å². The summed E-state index contributed by atoms with van der Waals surface area (Å²) in [6, 6.07) is 11.3. The Labute approximate surface area is 155 Å². The molecule has 1 N–H and O–H groups in total. The van der Waals surface area contributed by atoms with E-state index in [0.717, 1.165) is 5.56 Å². The first-order valence-electron chi connectivity index (χ1n) is 7.28. The van der Waals surface area contributed by atoms with Gasteiger partial charge >= 0.3 is 0 Å². The number of hydrogen-bond acceptors (Lipinski definition) is 5. The molecular formula is C17H14Cl2N2O3S. The van der Waals surface area contributed by atoms with Crippen LogP contribution in [0.25, 0.3) is 11.5 Å². The number of benzene rings is 2. The van der Waals surface area contributed by atoms with Gasteiger partial charge < -0.3 is 9.73 Å². The van der Waals surface area contributed by atoms with E-state index in [4.69, 9.17) is 27.6 Å². The van der Waals surface area contributed by atoms with Crippen molar-refractivity contribution in [2.75, 3.05) is 12.4 Å². The molecule has 0 saturated heterocycles. The predicted molar refractivity (Wildman–Crippen MR) is 98.1 cm³/mol. The molecule has 0 unspecified atom stereocenters. The summed E-state index contributed by atoms with van der Waals surface area (Å²) in [4.78, 5) is 4.31. The van der Waals surface area contributed by atoms with Crippen LogP contribution in [0.4, 0.5) is 5.88 Å². The van der Waals surface area contributed by atoms with Gasteiger partial charge in [-0.25, -0.2) is 8.42 Å². The van der Waals surface area contributed by atoms with Gasteiger partial charge in [-0.2, -0.15) is 4.98 Å². The predicted octanol–water partition coefficient (Wildman–Crippen LogP) is 4.83. The topological polar surface area (TPSA) is 72.2 Å². The lowest BCUT2D eigenvalue weighted by Gasteiger charge is -2.03. The number of nitrogens with zero attached hydrogens (tertiary/aromatic N) is 1. The number of rotatable bonds is 4. The van der Waals surface area contributed by atoms with E-state index in [1.165, 1.54) is 12.1 Å². The standard InChI is InChI=1S/C17H14Cl2N2O3S/c1-10-3-5-14(6-4-10)25(22,23)17-16(20-2)24-15(21-17)11-7-12(18)9-13(19)8-11/h3-9,20H,1-2H3. The van der Waals surface area contributed by atoms with E-state index in [1.807, 2.05) is 6.92 Å². The Morgan fingerprint density at radius 2 is 1.64 bits per heavy atom. The van der Waals surface area contributed by atoms with Crippen LogP contribution in [0.2, 0.25) is 10.0 Å². The molecule has 0 atom stereocenters. The van der Waals surface area contributed by atoms with Crippen molar-refractivity contribution in [2.24, 2.45) is 0 Å². The third kappa shape index (κ3) is 3.51. The van der Waals surface area contributed by atoms with E-state index >= 15 is 0 Å². The van der Waals surface area contributed by atoms with Crippen LogP contribution in [0.1, 0.15) is 5.56 Å². The van der Waals surface area contributed by atoms with Crippen molar-refractivity contribution in [3.63, 3.8) is 0 Å². The molecule has 0 bridgehead atoms. The van der Waals surface area contributed by atoms with E-state index < -0.39 is 9.84 Å². The number of aryl methyl sites for hydroxylation is 1. The molecule has 0 spiro atoms. The summed E-state index contributed by atoms with van der Waals surface area (Å²) in [5.41, 5.74) is 1.45. The summed E-state index contributed by atoms with van der Waals surface area (Å²) in [6.07, 6.45) is 0. The third-order valence-corrected chi connectivity index (χ3v) is 5.63. The lowest BCUT2D eigenvalue weighted by molar-refractivity contribution is 0.580. The fraction of sp³-hybridized carbons (Fsp3) is 0.118. The molecule has 5 nitrogen and oxygen atoms in total. The fourth-order valence-electron chi connectivity index (χ4n) is 2.28. The van der Waals surface area contributed by atoms with Gasteiger partial charge in [-0.05, 0) is 37.3 Å². The van der Waals surface area contributed by atoms with Crippen LogP contribution in [0.15, 0.2) is 56.8 Å². The maximum absolute atomic E-state index is 12.9. The molecule has 0 fully saturated rings. The Balaban J connectivity index is 2.14. The van der Waals surface area contributed by atoms with Crippen molar-refractivity contribution in [1.29, 1.82) is 0 Å². The number of oxazole rings is 1. The van der Waals surface area contributed by atoms with Gasteiger partial charge in [0.2, 0.25) is 26.6 Å². The Kier molecular flexibility index (Phi) is 4.77. The monoisotopic (exact) mass is 396 g/mol. The Bertz CT molecular complexity index is 1010. The molecule has 3 aromatic rings. The average molecular weight is 397 g/mol.